The van der Waals surface area contributed by atoms with Gasteiger partial charge < -0.3 is 29.4 Å². The second-order valence-electron chi connectivity index (χ2n) is 6.69. The second kappa shape index (κ2) is 13.5. The highest BCUT2D eigenvalue weighted by atomic mass is 16.6. The fourth-order valence-corrected chi connectivity index (χ4v) is 2.34. The summed E-state index contributed by atoms with van der Waals surface area (Å²) in [5, 5.41) is 0. The lowest BCUT2D eigenvalue weighted by atomic mass is 10.1. The van der Waals surface area contributed by atoms with E-state index in [1.165, 1.54) is 12.1 Å². The van der Waals surface area contributed by atoms with Crippen molar-refractivity contribution in [3.8, 4) is 0 Å². The maximum atomic E-state index is 11.8. The first kappa shape index (κ1) is 25.3. The van der Waals surface area contributed by atoms with E-state index in [1.807, 2.05) is 6.92 Å². The van der Waals surface area contributed by atoms with Gasteiger partial charge in [0.25, 0.3) is 0 Å². The highest BCUT2D eigenvalue weighted by molar-refractivity contribution is 5.91. The first-order valence-electron chi connectivity index (χ1n) is 10.0. The van der Waals surface area contributed by atoms with E-state index < -0.39 is 37.1 Å². The van der Waals surface area contributed by atoms with Gasteiger partial charge in [0.1, 0.15) is 13.2 Å². The number of benzene rings is 2. The van der Waals surface area contributed by atoms with Crippen LogP contribution in [0.2, 0.25) is 0 Å². The van der Waals surface area contributed by atoms with Crippen LogP contribution in [0.5, 0.6) is 0 Å². The first-order chi connectivity index (χ1) is 15.8. The van der Waals surface area contributed by atoms with Crippen LogP contribution in [0.3, 0.4) is 0 Å². The molecule has 0 heterocycles. The third-order valence-electron chi connectivity index (χ3n) is 4.06. The average molecular weight is 459 g/mol. The van der Waals surface area contributed by atoms with Crippen LogP contribution >= 0.6 is 0 Å². The number of esters is 4. The minimum Gasteiger partial charge on any atom is -0.461 e. The summed E-state index contributed by atoms with van der Waals surface area (Å²) < 4.78 is 24.6. The van der Waals surface area contributed by atoms with Gasteiger partial charge in [-0.1, -0.05) is 17.7 Å². The van der Waals surface area contributed by atoms with E-state index in [4.69, 9.17) is 29.4 Å². The Balaban J connectivity index is 1.47. The van der Waals surface area contributed by atoms with Gasteiger partial charge in [-0.2, -0.15) is 0 Å². The molecule has 0 radical (unpaired) electrons. The predicted octanol–water partition coefficient (Wildman–Crippen LogP) is 1.69. The smallest absolute Gasteiger partial charge is 0.344 e. The van der Waals surface area contributed by atoms with Gasteiger partial charge in [0, 0.05) is 5.69 Å². The lowest BCUT2D eigenvalue weighted by Gasteiger charge is -2.08. The highest BCUT2D eigenvalue weighted by Gasteiger charge is 2.12. The van der Waals surface area contributed by atoms with E-state index >= 15 is 0 Å². The molecule has 0 aliphatic carbocycles. The molecule has 10 nitrogen and oxygen atoms in total. The van der Waals surface area contributed by atoms with Crippen molar-refractivity contribution in [2.24, 2.45) is 0 Å². The molecule has 10 heteroatoms. The third-order valence-corrected chi connectivity index (χ3v) is 4.06. The Hall–Kier alpha value is -3.92. The van der Waals surface area contributed by atoms with E-state index in [1.54, 1.807) is 36.4 Å². The number of hydrogen-bond acceptors (Lipinski definition) is 10. The predicted molar refractivity (Wildman–Crippen MR) is 115 cm³/mol. The molecule has 2 aromatic carbocycles. The molecule has 2 rings (SSSR count). The summed E-state index contributed by atoms with van der Waals surface area (Å²) in [7, 11) is 0. The highest BCUT2D eigenvalue weighted by Crippen LogP contribution is 2.07. The molecule has 0 saturated heterocycles. The van der Waals surface area contributed by atoms with Gasteiger partial charge in [0.05, 0.1) is 24.3 Å². The molecule has 176 valence electrons. The van der Waals surface area contributed by atoms with Crippen molar-refractivity contribution in [2.45, 2.75) is 6.92 Å². The van der Waals surface area contributed by atoms with E-state index in [-0.39, 0.29) is 32.0 Å². The summed E-state index contributed by atoms with van der Waals surface area (Å²) in [6, 6.07) is 12.8. The lowest BCUT2D eigenvalue weighted by Crippen LogP contribution is -2.20. The van der Waals surface area contributed by atoms with Crippen LogP contribution in [-0.4, -0.2) is 63.5 Å². The van der Waals surface area contributed by atoms with Gasteiger partial charge in [-0.25, -0.2) is 19.2 Å². The third kappa shape index (κ3) is 9.83. The molecule has 33 heavy (non-hydrogen) atoms. The maximum absolute atomic E-state index is 11.8. The zero-order valence-corrected chi connectivity index (χ0v) is 18.1. The van der Waals surface area contributed by atoms with Gasteiger partial charge in [0.15, 0.2) is 13.2 Å². The summed E-state index contributed by atoms with van der Waals surface area (Å²) in [6.07, 6.45) is 0. The van der Waals surface area contributed by atoms with Crippen molar-refractivity contribution in [1.29, 1.82) is 0 Å². The van der Waals surface area contributed by atoms with Crippen molar-refractivity contribution < 1.29 is 42.9 Å². The van der Waals surface area contributed by atoms with Crippen molar-refractivity contribution in [1.82, 2.24) is 0 Å². The molecule has 0 bridgehead atoms. The van der Waals surface area contributed by atoms with E-state index in [0.29, 0.717) is 11.3 Å². The standard InChI is InChI=1S/C23H25NO9/c1-16-2-4-17(5-3-16)22(27)32-14-20(25)30-12-10-29-11-13-31-21(26)15-33-23(28)18-6-8-19(24)9-7-18/h2-9H,10-15,24H2,1H3. The second-order valence-corrected chi connectivity index (χ2v) is 6.69. The average Bonchev–Trinajstić information content (AvgIpc) is 2.81. The Morgan fingerprint density at radius 3 is 1.52 bits per heavy atom. The van der Waals surface area contributed by atoms with E-state index in [2.05, 4.69) is 0 Å². The Bertz CT molecular complexity index is 862. The molecular weight excluding hydrogens is 434 g/mol. The van der Waals surface area contributed by atoms with Crippen molar-refractivity contribution in [3.05, 3.63) is 65.2 Å². The Labute approximate surface area is 190 Å². The van der Waals surface area contributed by atoms with Gasteiger partial charge in [-0.05, 0) is 43.3 Å². The molecule has 0 amide bonds. The zero-order chi connectivity index (χ0) is 24.1. The summed E-state index contributed by atoms with van der Waals surface area (Å²) >= 11 is 0. The van der Waals surface area contributed by atoms with Crippen LogP contribution in [-0.2, 0) is 33.3 Å². The SMILES string of the molecule is Cc1ccc(C(=O)OCC(=O)OCCOCCOC(=O)COC(=O)c2ccc(N)cc2)cc1. The minimum atomic E-state index is -0.732. The zero-order valence-electron chi connectivity index (χ0n) is 18.1. The number of aryl methyl sites for hydroxylation is 1. The number of ether oxygens (including phenoxy) is 5. The van der Waals surface area contributed by atoms with Crippen molar-refractivity contribution in [2.75, 3.05) is 45.4 Å². The molecule has 0 spiro atoms. The molecular formula is C23H25NO9. The van der Waals surface area contributed by atoms with Crippen molar-refractivity contribution >= 4 is 29.6 Å². The van der Waals surface area contributed by atoms with Crippen LogP contribution in [0, 0.1) is 6.92 Å². The Morgan fingerprint density at radius 1 is 0.636 bits per heavy atom. The van der Waals surface area contributed by atoms with Gasteiger partial charge in [0.2, 0.25) is 0 Å². The van der Waals surface area contributed by atoms with Crippen LogP contribution in [0.1, 0.15) is 26.3 Å². The normalized spacial score (nSPS) is 10.2. The number of anilines is 1. The summed E-state index contributed by atoms with van der Waals surface area (Å²) in [6.45, 7) is 0.814. The maximum Gasteiger partial charge on any atom is 0.344 e. The van der Waals surface area contributed by atoms with Gasteiger partial charge in [-0.15, -0.1) is 0 Å². The van der Waals surface area contributed by atoms with E-state index in [0.717, 1.165) is 5.56 Å². The fraction of sp³-hybridized carbons (Fsp3) is 0.304. The molecule has 0 fully saturated rings. The van der Waals surface area contributed by atoms with E-state index in [9.17, 15) is 19.2 Å². The molecule has 0 atom stereocenters. The Morgan fingerprint density at radius 2 is 1.06 bits per heavy atom. The minimum absolute atomic E-state index is 0.0532. The summed E-state index contributed by atoms with van der Waals surface area (Å²) in [5.74, 6) is -2.74. The number of carbonyl (C=O) groups excluding carboxylic acids is 4. The van der Waals surface area contributed by atoms with Crippen LogP contribution < -0.4 is 5.73 Å². The number of nitrogens with two attached hydrogens (primary N) is 1. The molecule has 0 aliphatic rings. The summed E-state index contributed by atoms with van der Waals surface area (Å²) in [5.41, 5.74) is 7.63. The summed E-state index contributed by atoms with van der Waals surface area (Å²) in [4.78, 5) is 46.7. The molecule has 0 aromatic heterocycles. The monoisotopic (exact) mass is 459 g/mol. The number of hydrogen-bond donors (Lipinski definition) is 1. The first-order valence-corrected chi connectivity index (χ1v) is 10.0. The quantitative estimate of drug-likeness (QED) is 0.216. The number of nitrogen functional groups attached to an aromatic ring is 1. The molecule has 2 aromatic rings. The van der Waals surface area contributed by atoms with Gasteiger partial charge in [-0.3, -0.25) is 0 Å². The van der Waals surface area contributed by atoms with Crippen LogP contribution in [0.15, 0.2) is 48.5 Å². The number of rotatable bonds is 12. The van der Waals surface area contributed by atoms with Gasteiger partial charge >= 0.3 is 23.9 Å². The molecule has 0 aliphatic heterocycles. The lowest BCUT2D eigenvalue weighted by molar-refractivity contribution is -0.150. The molecule has 2 N–H and O–H groups in total. The molecule has 0 saturated carbocycles. The molecule has 0 unspecified atom stereocenters. The van der Waals surface area contributed by atoms with Crippen LogP contribution in [0.4, 0.5) is 5.69 Å². The number of carbonyl (C=O) groups is 4. The largest absolute Gasteiger partial charge is 0.461 e. The van der Waals surface area contributed by atoms with Crippen LogP contribution in [0.25, 0.3) is 0 Å². The topological polar surface area (TPSA) is 140 Å². The fourth-order valence-electron chi connectivity index (χ4n) is 2.34. The van der Waals surface area contributed by atoms with Crippen molar-refractivity contribution in [3.63, 3.8) is 0 Å². The Kier molecular flexibility index (Phi) is 10.4.